The molecule has 2 amide bonds. The van der Waals surface area contributed by atoms with Crippen LogP contribution < -0.4 is 14.5 Å². The number of benzene rings is 1. The first-order valence-corrected chi connectivity index (χ1v) is 17.2. The third kappa shape index (κ3) is 7.05. The van der Waals surface area contributed by atoms with Gasteiger partial charge in [-0.1, -0.05) is 60.3 Å². The van der Waals surface area contributed by atoms with Crippen molar-refractivity contribution in [3.8, 4) is 11.5 Å². The van der Waals surface area contributed by atoms with Crippen LogP contribution in [0.15, 0.2) is 47.7 Å². The molecule has 1 aromatic carbocycles. The second kappa shape index (κ2) is 14.2. The molecule has 0 bridgehead atoms. The highest BCUT2D eigenvalue weighted by molar-refractivity contribution is 7.08. The van der Waals surface area contributed by atoms with E-state index in [0.717, 1.165) is 11.1 Å². The molecule has 0 aliphatic carbocycles. The van der Waals surface area contributed by atoms with Crippen molar-refractivity contribution in [1.29, 1.82) is 0 Å². The molecule has 1 atom stereocenters. The number of anilines is 1. The van der Waals surface area contributed by atoms with E-state index in [4.69, 9.17) is 13.9 Å². The Morgan fingerprint density at radius 1 is 1.17 bits per heavy atom. The highest BCUT2D eigenvalue weighted by atomic mass is 32.1. The average molecular weight is 601 g/mol. The van der Waals surface area contributed by atoms with Crippen molar-refractivity contribution >= 4 is 42.9 Å². The van der Waals surface area contributed by atoms with E-state index in [2.05, 4.69) is 58.8 Å². The molecule has 224 valence electrons. The van der Waals surface area contributed by atoms with E-state index in [1.807, 2.05) is 17.5 Å². The lowest BCUT2D eigenvalue weighted by Crippen LogP contribution is -2.50. The van der Waals surface area contributed by atoms with Crippen molar-refractivity contribution < 1.29 is 28.6 Å². The van der Waals surface area contributed by atoms with Gasteiger partial charge in [0.05, 0.1) is 31.0 Å². The number of nitrogens with zero attached hydrogens (tertiary/aromatic N) is 1. The number of methoxy groups -OCH3 is 1. The predicted octanol–water partition coefficient (Wildman–Crippen LogP) is 7.34. The average Bonchev–Trinajstić information content (AvgIpc) is 3.48. The second-order valence-corrected chi connectivity index (χ2v) is 17.4. The zero-order chi connectivity index (χ0) is 30.3. The molecule has 8 nitrogen and oxygen atoms in total. The third-order valence-electron chi connectivity index (χ3n) is 7.89. The number of carbonyl (C=O) groups excluding carboxylic acids is 2. The lowest BCUT2D eigenvalue weighted by Gasteiger charge is -2.42. The maximum atomic E-state index is 14.1. The Bertz CT molecular complexity index is 1220. The topological polar surface area (TPSA) is 97.3 Å². The number of rotatable bonds is 12. The van der Waals surface area contributed by atoms with E-state index >= 15 is 0 Å². The summed E-state index contributed by atoms with van der Waals surface area (Å²) in [5.74, 6) is 0.542. The fourth-order valence-electron chi connectivity index (χ4n) is 5.96. The minimum absolute atomic E-state index is 0.0214. The second-order valence-electron chi connectivity index (χ2n) is 11.2. The van der Waals surface area contributed by atoms with E-state index < -0.39 is 20.5 Å². The zero-order valence-corrected chi connectivity index (χ0v) is 27.0. The van der Waals surface area contributed by atoms with Crippen LogP contribution in [0.2, 0.25) is 16.6 Å². The van der Waals surface area contributed by atoms with Crippen LogP contribution in [0.1, 0.15) is 63.9 Å². The largest absolute Gasteiger partial charge is 0.540 e. The van der Waals surface area contributed by atoms with Gasteiger partial charge < -0.3 is 23.9 Å². The minimum atomic E-state index is -2.40. The van der Waals surface area contributed by atoms with Gasteiger partial charge in [-0.2, -0.15) is 11.3 Å². The molecule has 10 heteroatoms. The summed E-state index contributed by atoms with van der Waals surface area (Å²) in [6.07, 6.45) is 3.29. The molecule has 0 saturated heterocycles. The first kappa shape index (κ1) is 32.4. The lowest BCUT2D eigenvalue weighted by atomic mass is 9.95. The number of hydrogen-bond acceptors (Lipinski definition) is 7. The molecule has 41 heavy (non-hydrogen) atoms. The fourth-order valence-corrected chi connectivity index (χ4v) is 11.9. The molecule has 0 unspecified atom stereocenters. The van der Waals surface area contributed by atoms with Crippen molar-refractivity contribution in [2.45, 2.75) is 70.6 Å². The van der Waals surface area contributed by atoms with Gasteiger partial charge >= 0.3 is 6.09 Å². The summed E-state index contributed by atoms with van der Waals surface area (Å²) >= 11 is 1.61. The van der Waals surface area contributed by atoms with E-state index in [9.17, 15) is 14.7 Å². The number of amides is 2. The van der Waals surface area contributed by atoms with Crippen LogP contribution in [0.3, 0.4) is 0 Å². The Hall–Kier alpha value is -3.08. The van der Waals surface area contributed by atoms with Crippen LogP contribution >= 0.6 is 11.3 Å². The summed E-state index contributed by atoms with van der Waals surface area (Å²) in [5.41, 5.74) is 3.56. The van der Waals surface area contributed by atoms with Crippen LogP contribution in [0, 0.1) is 0 Å². The molecule has 3 rings (SSSR count). The Balaban J connectivity index is 2.09. The van der Waals surface area contributed by atoms with Crippen LogP contribution in [-0.2, 0) is 4.74 Å². The summed E-state index contributed by atoms with van der Waals surface area (Å²) in [6, 6.07) is 4.90. The monoisotopic (exact) mass is 600 g/mol. The highest BCUT2D eigenvalue weighted by Gasteiger charge is 2.47. The quantitative estimate of drug-likeness (QED) is 0.196. The standard InChI is InChI=1S/C31H44N2O6SSi/c1-9-13-38-31(36)32-27-17-29(39-41(20(2)3,21(4)5)22(6)7)28(37-8)16-26(27)30(35)33-12-10-23(15-25(33)18-34)24-11-14-40-19-24/h9-11,14,16-17,19-22,25,34H,1,12-13,15,18H2,2-8H3,(H,32,36)/t25-/m0/s1. The van der Waals surface area contributed by atoms with Crippen molar-refractivity contribution in [1.82, 2.24) is 4.90 Å². The Morgan fingerprint density at radius 2 is 1.85 bits per heavy atom. The molecule has 1 aliphatic heterocycles. The van der Waals surface area contributed by atoms with Crippen molar-refractivity contribution in [3.63, 3.8) is 0 Å². The van der Waals surface area contributed by atoms with Gasteiger partial charge in [0.2, 0.25) is 0 Å². The van der Waals surface area contributed by atoms with Crippen molar-refractivity contribution in [2.75, 3.05) is 32.2 Å². The Kier molecular flexibility index (Phi) is 11.2. The first-order valence-electron chi connectivity index (χ1n) is 14.1. The summed E-state index contributed by atoms with van der Waals surface area (Å²) in [5, 5.41) is 17.1. The number of nitrogens with one attached hydrogen (secondary N) is 1. The van der Waals surface area contributed by atoms with Crippen molar-refractivity contribution in [3.05, 3.63) is 58.8 Å². The number of carbonyl (C=O) groups is 2. The van der Waals surface area contributed by atoms with Crippen molar-refractivity contribution in [2.24, 2.45) is 0 Å². The molecule has 0 fully saturated rings. The molecule has 0 saturated carbocycles. The zero-order valence-electron chi connectivity index (χ0n) is 25.2. The highest BCUT2D eigenvalue weighted by Crippen LogP contribution is 2.46. The lowest BCUT2D eigenvalue weighted by molar-refractivity contribution is 0.0619. The van der Waals surface area contributed by atoms with Gasteiger partial charge in [-0.15, -0.1) is 0 Å². The number of aliphatic hydroxyl groups is 1. The summed E-state index contributed by atoms with van der Waals surface area (Å²) < 4.78 is 17.9. The van der Waals surface area contributed by atoms with Gasteiger partial charge in [0.15, 0.2) is 5.75 Å². The SMILES string of the molecule is C=CCOC(=O)Nc1cc(O[Si](C(C)C)(C(C)C)C(C)C)c(OC)cc1C(=O)N1CC=C(c2ccsc2)C[C@H]1CO. The van der Waals surface area contributed by atoms with Crippen LogP contribution in [0.25, 0.3) is 5.57 Å². The molecule has 2 heterocycles. The van der Waals surface area contributed by atoms with Gasteiger partial charge in [0.25, 0.3) is 14.2 Å². The Labute approximate surface area is 249 Å². The maximum Gasteiger partial charge on any atom is 0.411 e. The molecular weight excluding hydrogens is 557 g/mol. The van der Waals surface area contributed by atoms with E-state index in [1.165, 1.54) is 6.08 Å². The van der Waals surface area contributed by atoms with Crippen LogP contribution in [-0.4, -0.2) is 63.2 Å². The third-order valence-corrected chi connectivity index (χ3v) is 14.6. The normalized spacial score (nSPS) is 15.6. The number of aliphatic hydroxyl groups excluding tert-OH is 1. The van der Waals surface area contributed by atoms with Gasteiger partial charge in [-0.25, -0.2) is 4.79 Å². The molecule has 1 aliphatic rings. The van der Waals surface area contributed by atoms with Crippen LogP contribution in [0.4, 0.5) is 10.5 Å². The maximum absolute atomic E-state index is 14.1. The van der Waals surface area contributed by atoms with Gasteiger partial charge in [0.1, 0.15) is 12.4 Å². The molecule has 2 aromatic rings. The Morgan fingerprint density at radius 3 is 2.39 bits per heavy atom. The van der Waals surface area contributed by atoms with Crippen LogP contribution in [0.5, 0.6) is 11.5 Å². The number of hydrogen-bond donors (Lipinski definition) is 2. The molecule has 0 spiro atoms. The first-order chi connectivity index (χ1) is 19.5. The number of ether oxygens (including phenoxy) is 2. The van der Waals surface area contributed by atoms with Gasteiger partial charge in [-0.3, -0.25) is 10.1 Å². The fraction of sp³-hybridized carbons (Fsp3) is 0.484. The predicted molar refractivity (Wildman–Crippen MR) is 169 cm³/mol. The van der Waals surface area contributed by atoms with Gasteiger partial charge in [0, 0.05) is 12.6 Å². The summed E-state index contributed by atoms with van der Waals surface area (Å²) in [4.78, 5) is 28.4. The van der Waals surface area contributed by atoms with E-state index in [-0.39, 0.29) is 30.4 Å². The molecule has 1 aromatic heterocycles. The minimum Gasteiger partial charge on any atom is -0.540 e. The summed E-state index contributed by atoms with van der Waals surface area (Å²) in [6.45, 7) is 16.9. The molecule has 2 N–H and O–H groups in total. The van der Waals surface area contributed by atoms with Gasteiger partial charge in [-0.05, 0) is 57.1 Å². The van der Waals surface area contributed by atoms with E-state index in [0.29, 0.717) is 41.1 Å². The molecular formula is C31H44N2O6SSi. The molecule has 0 radical (unpaired) electrons. The smallest absolute Gasteiger partial charge is 0.411 e. The van der Waals surface area contributed by atoms with E-state index in [1.54, 1.807) is 35.5 Å². The number of thiophene rings is 1. The summed E-state index contributed by atoms with van der Waals surface area (Å²) in [7, 11) is -0.860.